The Morgan fingerprint density at radius 3 is 3.06 bits per heavy atom. The van der Waals surface area contributed by atoms with Crippen LogP contribution in [0.5, 0.6) is 0 Å². The summed E-state index contributed by atoms with van der Waals surface area (Å²) < 4.78 is 26.1. The second kappa shape index (κ2) is 6.26. The molecule has 2 rings (SSSR count). The summed E-state index contributed by atoms with van der Waals surface area (Å²) in [7, 11) is -3.16. The van der Waals surface area contributed by atoms with Crippen LogP contribution in [0.3, 0.4) is 0 Å². The minimum atomic E-state index is -3.16. The van der Waals surface area contributed by atoms with Gasteiger partial charge in [-0.25, -0.2) is 18.1 Å². The Labute approximate surface area is 107 Å². The lowest BCUT2D eigenvalue weighted by Crippen LogP contribution is -2.37. The van der Waals surface area contributed by atoms with Crippen molar-refractivity contribution in [2.24, 2.45) is 0 Å². The molecule has 1 unspecified atom stereocenters. The number of sulfonamides is 1. The smallest absolute Gasteiger partial charge is 0.213 e. The number of nitrogens with zero attached hydrogens (tertiary/aromatic N) is 2. The van der Waals surface area contributed by atoms with Crippen LogP contribution in [0.25, 0.3) is 0 Å². The highest BCUT2D eigenvalue weighted by Gasteiger charge is 2.21. The van der Waals surface area contributed by atoms with Crippen molar-refractivity contribution in [2.45, 2.75) is 31.7 Å². The second-order valence-electron chi connectivity index (χ2n) is 4.50. The predicted molar refractivity (Wildman–Crippen MR) is 67.5 cm³/mol. The lowest BCUT2D eigenvalue weighted by atomic mass is 10.3. The normalized spacial score (nSPS) is 20.3. The molecule has 3 N–H and O–H groups in total. The Hall–Kier alpha value is -0.990. The van der Waals surface area contributed by atoms with E-state index in [1.54, 1.807) is 0 Å². The van der Waals surface area contributed by atoms with E-state index in [-0.39, 0.29) is 11.8 Å². The van der Waals surface area contributed by atoms with Crippen LogP contribution in [0.1, 0.15) is 25.1 Å². The van der Waals surface area contributed by atoms with Gasteiger partial charge >= 0.3 is 0 Å². The number of hydrogen-bond donors (Lipinski definition) is 3. The minimum absolute atomic E-state index is 0.108. The minimum Gasteiger partial charge on any atom is -0.313 e. The average molecular weight is 273 g/mol. The maximum atomic E-state index is 11.8. The summed E-state index contributed by atoms with van der Waals surface area (Å²) in [5.74, 6) is 0.960. The molecular weight excluding hydrogens is 254 g/mol. The first-order valence-electron chi connectivity index (χ1n) is 6.21. The van der Waals surface area contributed by atoms with Gasteiger partial charge in [0.1, 0.15) is 12.2 Å². The van der Waals surface area contributed by atoms with Gasteiger partial charge in [0, 0.05) is 19.0 Å². The molecule has 8 heteroatoms. The number of aromatic amines is 1. The zero-order chi connectivity index (χ0) is 12.8. The maximum Gasteiger partial charge on any atom is 0.213 e. The SMILES string of the molecule is O=S(=O)(CC1CCCN1)NCCCc1ncn[nH]1. The largest absolute Gasteiger partial charge is 0.313 e. The first-order valence-corrected chi connectivity index (χ1v) is 7.86. The van der Waals surface area contributed by atoms with Gasteiger partial charge in [-0.2, -0.15) is 5.10 Å². The van der Waals surface area contributed by atoms with Crippen molar-refractivity contribution in [1.29, 1.82) is 0 Å². The van der Waals surface area contributed by atoms with Crippen molar-refractivity contribution >= 4 is 10.0 Å². The van der Waals surface area contributed by atoms with Crippen molar-refractivity contribution in [3.8, 4) is 0 Å². The van der Waals surface area contributed by atoms with E-state index in [2.05, 4.69) is 25.2 Å². The van der Waals surface area contributed by atoms with Crippen LogP contribution in [-0.2, 0) is 16.4 Å². The molecule has 1 aliphatic rings. The van der Waals surface area contributed by atoms with Crippen molar-refractivity contribution in [3.63, 3.8) is 0 Å². The topological polar surface area (TPSA) is 99.8 Å². The van der Waals surface area contributed by atoms with Crippen LogP contribution in [0.15, 0.2) is 6.33 Å². The summed E-state index contributed by atoms with van der Waals surface area (Å²) in [6, 6.07) is 0.108. The van der Waals surface area contributed by atoms with E-state index in [9.17, 15) is 8.42 Å². The Morgan fingerprint density at radius 1 is 1.50 bits per heavy atom. The Morgan fingerprint density at radius 2 is 2.39 bits per heavy atom. The van der Waals surface area contributed by atoms with Gasteiger partial charge in [0.2, 0.25) is 10.0 Å². The van der Waals surface area contributed by atoms with Gasteiger partial charge in [0.15, 0.2) is 0 Å². The van der Waals surface area contributed by atoms with E-state index in [4.69, 9.17) is 0 Å². The van der Waals surface area contributed by atoms with Crippen molar-refractivity contribution in [3.05, 3.63) is 12.2 Å². The van der Waals surface area contributed by atoms with Crippen LogP contribution in [0.2, 0.25) is 0 Å². The molecule has 0 aromatic carbocycles. The quantitative estimate of drug-likeness (QED) is 0.577. The standard InChI is InChI=1S/C10H19N5O2S/c16-18(17,7-9-3-1-5-11-9)14-6-2-4-10-12-8-13-15-10/h8-9,11,14H,1-7H2,(H,12,13,15). The van der Waals surface area contributed by atoms with Gasteiger partial charge in [-0.15, -0.1) is 0 Å². The lowest BCUT2D eigenvalue weighted by Gasteiger charge is -2.11. The molecule has 1 aromatic heterocycles. The molecule has 1 saturated heterocycles. The highest BCUT2D eigenvalue weighted by molar-refractivity contribution is 7.89. The van der Waals surface area contributed by atoms with E-state index in [0.29, 0.717) is 19.4 Å². The third-order valence-electron chi connectivity index (χ3n) is 2.96. The molecular formula is C10H19N5O2S. The molecule has 1 atom stereocenters. The Bertz CT molecular complexity index is 439. The molecule has 7 nitrogen and oxygen atoms in total. The Balaban J connectivity index is 1.65. The van der Waals surface area contributed by atoms with Gasteiger partial charge < -0.3 is 5.32 Å². The highest BCUT2D eigenvalue weighted by Crippen LogP contribution is 2.06. The lowest BCUT2D eigenvalue weighted by molar-refractivity contribution is 0.561. The zero-order valence-electron chi connectivity index (χ0n) is 10.2. The van der Waals surface area contributed by atoms with E-state index in [1.807, 2.05) is 0 Å². The summed E-state index contributed by atoms with van der Waals surface area (Å²) >= 11 is 0. The highest BCUT2D eigenvalue weighted by atomic mass is 32.2. The first-order chi connectivity index (χ1) is 8.66. The van der Waals surface area contributed by atoms with E-state index >= 15 is 0 Å². The summed E-state index contributed by atoms with van der Waals surface area (Å²) in [4.78, 5) is 3.98. The fourth-order valence-electron chi connectivity index (χ4n) is 2.06. The van der Waals surface area contributed by atoms with Crippen LogP contribution >= 0.6 is 0 Å². The summed E-state index contributed by atoms with van der Waals surface area (Å²) in [5.41, 5.74) is 0. The van der Waals surface area contributed by atoms with Crippen molar-refractivity contribution in [2.75, 3.05) is 18.8 Å². The maximum absolute atomic E-state index is 11.8. The van der Waals surface area contributed by atoms with Crippen LogP contribution in [-0.4, -0.2) is 48.5 Å². The summed E-state index contributed by atoms with van der Waals surface area (Å²) in [6.07, 6.45) is 4.87. The van der Waals surface area contributed by atoms with Gasteiger partial charge in [0.25, 0.3) is 0 Å². The van der Waals surface area contributed by atoms with Crippen LogP contribution in [0.4, 0.5) is 0 Å². The Kier molecular flexibility index (Phi) is 4.67. The molecule has 2 heterocycles. The molecule has 0 bridgehead atoms. The number of aromatic nitrogens is 3. The molecule has 102 valence electrons. The molecule has 0 radical (unpaired) electrons. The van der Waals surface area contributed by atoms with Gasteiger partial charge in [-0.3, -0.25) is 5.10 Å². The van der Waals surface area contributed by atoms with Crippen LogP contribution < -0.4 is 10.0 Å². The summed E-state index contributed by atoms with van der Waals surface area (Å²) in [6.45, 7) is 1.36. The van der Waals surface area contributed by atoms with Gasteiger partial charge in [-0.05, 0) is 25.8 Å². The molecule has 0 amide bonds. The van der Waals surface area contributed by atoms with E-state index < -0.39 is 10.0 Å². The first kappa shape index (κ1) is 13.4. The molecule has 1 fully saturated rings. The molecule has 1 aromatic rings. The molecule has 1 aliphatic heterocycles. The third kappa shape index (κ3) is 4.35. The number of aryl methyl sites for hydroxylation is 1. The van der Waals surface area contributed by atoms with Gasteiger partial charge in [-0.1, -0.05) is 0 Å². The molecule has 0 aliphatic carbocycles. The monoisotopic (exact) mass is 273 g/mol. The molecule has 0 saturated carbocycles. The fourth-order valence-corrected chi connectivity index (χ4v) is 3.44. The number of nitrogens with one attached hydrogen (secondary N) is 3. The number of H-pyrrole nitrogens is 1. The van der Waals surface area contributed by atoms with Crippen molar-refractivity contribution in [1.82, 2.24) is 25.2 Å². The number of hydrogen-bond acceptors (Lipinski definition) is 5. The molecule has 0 spiro atoms. The molecule has 18 heavy (non-hydrogen) atoms. The van der Waals surface area contributed by atoms with E-state index in [0.717, 1.165) is 25.2 Å². The predicted octanol–water partition coefficient (Wildman–Crippen LogP) is -0.591. The third-order valence-corrected chi connectivity index (χ3v) is 4.45. The zero-order valence-corrected chi connectivity index (χ0v) is 11.0. The fraction of sp³-hybridized carbons (Fsp3) is 0.800. The van der Waals surface area contributed by atoms with E-state index in [1.165, 1.54) is 6.33 Å². The van der Waals surface area contributed by atoms with Crippen molar-refractivity contribution < 1.29 is 8.42 Å². The van der Waals surface area contributed by atoms with Gasteiger partial charge in [0.05, 0.1) is 5.75 Å². The number of rotatable bonds is 7. The van der Waals surface area contributed by atoms with Crippen LogP contribution in [0, 0.1) is 0 Å². The summed E-state index contributed by atoms with van der Waals surface area (Å²) in [5, 5.41) is 9.66. The average Bonchev–Trinajstić information content (AvgIpc) is 2.96. The second-order valence-corrected chi connectivity index (χ2v) is 6.36.